The third-order valence-electron chi connectivity index (χ3n) is 7.73. The summed E-state index contributed by atoms with van der Waals surface area (Å²) in [5.74, 6) is -2.78. The zero-order valence-electron chi connectivity index (χ0n) is 28.2. The highest BCUT2D eigenvalue weighted by molar-refractivity contribution is 6.17. The van der Waals surface area contributed by atoms with Crippen molar-refractivity contribution in [1.29, 1.82) is 0 Å². The summed E-state index contributed by atoms with van der Waals surface area (Å²) in [6.07, 6.45) is 16.0. The first-order valence-electron chi connectivity index (χ1n) is 16.7. The normalized spacial score (nSPS) is 14.8. The molecule has 3 amide bonds. The van der Waals surface area contributed by atoms with E-state index < -0.39 is 41.3 Å². The molecule has 0 spiro atoms. The number of hydrogen-bond acceptors (Lipinski definition) is 8. The second kappa shape index (κ2) is 19.2. The van der Waals surface area contributed by atoms with Crippen LogP contribution in [0.3, 0.4) is 0 Å². The van der Waals surface area contributed by atoms with Crippen LogP contribution in [0.25, 0.3) is 0 Å². The maximum Gasteiger partial charge on any atom is 0.418 e. The van der Waals surface area contributed by atoms with Crippen LogP contribution >= 0.6 is 0 Å². The van der Waals surface area contributed by atoms with Crippen LogP contribution in [-0.4, -0.2) is 58.9 Å². The molecular formula is C35H54N2O8. The van der Waals surface area contributed by atoms with Gasteiger partial charge in [-0.1, -0.05) is 90.4 Å². The molecule has 0 aromatic heterocycles. The molecule has 252 valence electrons. The Balaban J connectivity index is 1.86. The molecule has 0 saturated carbocycles. The highest BCUT2D eigenvalue weighted by atomic mass is 16.6. The summed E-state index contributed by atoms with van der Waals surface area (Å²) in [4.78, 5) is 64.2. The van der Waals surface area contributed by atoms with Crippen molar-refractivity contribution in [2.45, 2.75) is 149 Å². The van der Waals surface area contributed by atoms with Crippen LogP contribution in [0.4, 0.5) is 10.5 Å². The van der Waals surface area contributed by atoms with Crippen molar-refractivity contribution in [3.63, 3.8) is 0 Å². The minimum atomic E-state index is -1.75. The molecule has 1 heterocycles. The van der Waals surface area contributed by atoms with E-state index in [1.807, 2.05) is 0 Å². The monoisotopic (exact) mass is 630 g/mol. The Bertz CT molecular complexity index is 1150. The van der Waals surface area contributed by atoms with Gasteiger partial charge in [-0.05, 0) is 59.2 Å². The second-order valence-electron chi connectivity index (χ2n) is 12.7. The molecule has 1 saturated heterocycles. The van der Waals surface area contributed by atoms with Gasteiger partial charge < -0.3 is 19.5 Å². The molecule has 1 aromatic rings. The number of benzene rings is 1. The van der Waals surface area contributed by atoms with E-state index >= 15 is 0 Å². The van der Waals surface area contributed by atoms with Crippen LogP contribution in [0.2, 0.25) is 0 Å². The first-order valence-corrected chi connectivity index (χ1v) is 16.7. The molecule has 10 heteroatoms. The number of esters is 1. The Hall–Kier alpha value is -3.43. The minimum absolute atomic E-state index is 0.102. The molecule has 1 fully saturated rings. The van der Waals surface area contributed by atoms with Crippen molar-refractivity contribution in [3.8, 4) is 5.75 Å². The maximum atomic E-state index is 13.3. The van der Waals surface area contributed by atoms with Crippen LogP contribution in [0.5, 0.6) is 5.75 Å². The fourth-order valence-electron chi connectivity index (χ4n) is 5.25. The lowest BCUT2D eigenvalue weighted by atomic mass is 10.0. The van der Waals surface area contributed by atoms with Gasteiger partial charge >= 0.3 is 12.1 Å². The summed E-state index contributed by atoms with van der Waals surface area (Å²) in [7, 11) is 0. The summed E-state index contributed by atoms with van der Waals surface area (Å²) < 4.78 is 16.3. The van der Waals surface area contributed by atoms with Crippen LogP contribution in [-0.2, 0) is 23.9 Å². The van der Waals surface area contributed by atoms with Gasteiger partial charge in [-0.25, -0.2) is 14.5 Å². The van der Waals surface area contributed by atoms with Crippen molar-refractivity contribution in [3.05, 3.63) is 23.8 Å². The number of amides is 3. The van der Waals surface area contributed by atoms with Crippen molar-refractivity contribution >= 4 is 35.3 Å². The van der Waals surface area contributed by atoms with E-state index in [-0.39, 0.29) is 29.7 Å². The summed E-state index contributed by atoms with van der Waals surface area (Å²) in [5.41, 5.74) is -1.22. The molecule has 1 N–H and O–H groups in total. The van der Waals surface area contributed by atoms with Gasteiger partial charge in [0.25, 0.3) is 11.8 Å². The number of unbranched alkanes of at least 4 members (excludes halogenated alkanes) is 13. The number of ether oxygens (including phenoxy) is 3. The minimum Gasteiger partial charge on any atom is -0.489 e. The van der Waals surface area contributed by atoms with E-state index in [1.165, 1.54) is 103 Å². The molecule has 0 radical (unpaired) electrons. The summed E-state index contributed by atoms with van der Waals surface area (Å²) >= 11 is 0. The number of Topliss-reactive ketones (excluding diaryl/α,β-unsaturated/α-hetero) is 1. The Morgan fingerprint density at radius 2 is 1.40 bits per heavy atom. The fraction of sp³-hybridized carbons (Fsp3) is 0.686. The Labute approximate surface area is 268 Å². The van der Waals surface area contributed by atoms with Gasteiger partial charge in [0.1, 0.15) is 5.75 Å². The molecule has 0 bridgehead atoms. The molecular weight excluding hydrogens is 576 g/mol. The molecule has 0 aliphatic carbocycles. The molecule has 1 aliphatic rings. The van der Waals surface area contributed by atoms with Crippen LogP contribution in [0.1, 0.15) is 142 Å². The van der Waals surface area contributed by atoms with E-state index in [4.69, 9.17) is 14.2 Å². The van der Waals surface area contributed by atoms with Gasteiger partial charge in [-0.3, -0.25) is 14.4 Å². The first kappa shape index (κ1) is 37.8. The lowest BCUT2D eigenvalue weighted by Crippen LogP contribution is -2.52. The third kappa shape index (κ3) is 12.5. The van der Waals surface area contributed by atoms with E-state index in [0.717, 1.165) is 26.2 Å². The number of carbonyl (C=O) groups is 5. The van der Waals surface area contributed by atoms with Gasteiger partial charge in [-0.2, -0.15) is 0 Å². The number of rotatable bonds is 22. The third-order valence-corrected chi connectivity index (χ3v) is 7.73. The lowest BCUT2D eigenvalue weighted by Gasteiger charge is -2.23. The molecule has 2 rings (SSSR count). The average molecular weight is 631 g/mol. The van der Waals surface area contributed by atoms with Gasteiger partial charge in [-0.15, -0.1) is 0 Å². The number of carbonyl (C=O) groups excluding carboxylic acids is 5. The molecule has 10 nitrogen and oxygen atoms in total. The topological polar surface area (TPSA) is 128 Å². The lowest BCUT2D eigenvalue weighted by molar-refractivity contribution is -0.142. The maximum absolute atomic E-state index is 13.3. The van der Waals surface area contributed by atoms with Crippen molar-refractivity contribution in [1.82, 2.24) is 4.90 Å². The van der Waals surface area contributed by atoms with E-state index in [0.29, 0.717) is 4.90 Å². The van der Waals surface area contributed by atoms with E-state index in [9.17, 15) is 24.0 Å². The van der Waals surface area contributed by atoms with E-state index in [2.05, 4.69) is 12.2 Å². The summed E-state index contributed by atoms with van der Waals surface area (Å²) in [5, 5.41) is 2.57. The first-order chi connectivity index (χ1) is 21.4. The Morgan fingerprint density at radius 3 is 1.87 bits per heavy atom. The van der Waals surface area contributed by atoms with Gasteiger partial charge in [0.2, 0.25) is 0 Å². The number of imide groups is 1. The molecule has 1 aromatic carbocycles. The Morgan fingerprint density at radius 1 is 0.867 bits per heavy atom. The number of nitrogens with zero attached hydrogens (tertiary/aromatic N) is 1. The van der Waals surface area contributed by atoms with Gasteiger partial charge in [0, 0.05) is 0 Å². The number of hydrogen-bond donors (Lipinski definition) is 1. The number of cyclic esters (lactones) is 1. The predicted molar refractivity (Wildman–Crippen MR) is 173 cm³/mol. The highest BCUT2D eigenvalue weighted by Crippen LogP contribution is 2.30. The molecule has 45 heavy (non-hydrogen) atoms. The standard InChI is InChI=1S/C35H54N2O8/c1-7-8-9-10-11-12-13-14-15-16-17-18-19-20-23-43-32(40)27-21-22-29(44-25(2)3)28(24-27)36-31(39)30(26(4)38)37-33(41)35(5,6)45-34(37)42/h21-22,24-25,30H,7-20,23H2,1-6H3,(H,36,39). The van der Waals surface area contributed by atoms with Crippen molar-refractivity contribution < 1.29 is 38.2 Å². The molecule has 1 atom stereocenters. The second-order valence-corrected chi connectivity index (χ2v) is 12.7. The van der Waals surface area contributed by atoms with Crippen LogP contribution < -0.4 is 10.1 Å². The number of anilines is 1. The van der Waals surface area contributed by atoms with Crippen LogP contribution in [0.15, 0.2) is 18.2 Å². The zero-order chi connectivity index (χ0) is 33.4. The predicted octanol–water partition coefficient (Wildman–Crippen LogP) is 7.77. The molecule has 1 aliphatic heterocycles. The number of ketones is 1. The average Bonchev–Trinajstić information content (AvgIpc) is 3.17. The van der Waals surface area contributed by atoms with Crippen LogP contribution in [0, 0.1) is 0 Å². The fourth-order valence-corrected chi connectivity index (χ4v) is 5.25. The van der Waals surface area contributed by atoms with Gasteiger partial charge in [0.15, 0.2) is 17.4 Å². The molecule has 1 unspecified atom stereocenters. The van der Waals surface area contributed by atoms with E-state index in [1.54, 1.807) is 13.8 Å². The largest absolute Gasteiger partial charge is 0.489 e. The zero-order valence-corrected chi connectivity index (χ0v) is 28.2. The number of nitrogens with one attached hydrogen (secondary N) is 1. The smallest absolute Gasteiger partial charge is 0.418 e. The van der Waals surface area contributed by atoms with Gasteiger partial charge in [0.05, 0.1) is 24.0 Å². The summed E-state index contributed by atoms with van der Waals surface area (Å²) in [6.45, 7) is 9.98. The van der Waals surface area contributed by atoms with Crippen molar-refractivity contribution in [2.75, 3.05) is 11.9 Å². The Kier molecular flexibility index (Phi) is 16.1. The highest BCUT2D eigenvalue weighted by Gasteiger charge is 2.53. The van der Waals surface area contributed by atoms with Crippen molar-refractivity contribution in [2.24, 2.45) is 0 Å². The SMILES string of the molecule is CCCCCCCCCCCCCCCCOC(=O)c1ccc(OC(C)C)c(NC(=O)C(C(C)=O)N2C(=O)OC(C)(C)C2=O)c1. The summed E-state index contributed by atoms with van der Waals surface area (Å²) in [6, 6.07) is 2.70. The quantitative estimate of drug-likeness (QED) is 0.0782.